The van der Waals surface area contributed by atoms with Gasteiger partial charge in [-0.1, -0.05) is 36.4 Å². The minimum atomic E-state index is -5.00. The summed E-state index contributed by atoms with van der Waals surface area (Å²) in [6.07, 6.45) is -10.4. The largest absolute Gasteiger partial charge is 0.491 e. The van der Waals surface area contributed by atoms with E-state index in [1.165, 1.54) is 18.2 Å². The lowest BCUT2D eigenvalue weighted by molar-refractivity contribution is -0.142. The molecule has 0 aliphatic rings. The second-order valence-corrected chi connectivity index (χ2v) is 9.22. The molecule has 0 spiro atoms. The van der Waals surface area contributed by atoms with Crippen LogP contribution >= 0.6 is 0 Å². The fourth-order valence-electron chi connectivity index (χ4n) is 4.05. The van der Waals surface area contributed by atoms with Gasteiger partial charge in [-0.25, -0.2) is 4.98 Å². The highest BCUT2D eigenvalue weighted by molar-refractivity contribution is 5.88. The number of alkyl halides is 6. The van der Waals surface area contributed by atoms with Gasteiger partial charge in [0.1, 0.15) is 35.7 Å². The molecule has 0 saturated carbocycles. The maximum Gasteiger partial charge on any atom is 0.433 e. The number of nitrogens with zero attached hydrogens (tertiary/aromatic N) is 1. The van der Waals surface area contributed by atoms with E-state index in [0.717, 1.165) is 11.6 Å². The summed E-state index contributed by atoms with van der Waals surface area (Å²) in [6, 6.07) is 18.2. The predicted molar refractivity (Wildman–Crippen MR) is 139 cm³/mol. The number of fused-ring (bicyclic) bond motifs is 1. The average Bonchev–Trinajstić information content (AvgIpc) is 2.94. The lowest BCUT2D eigenvalue weighted by Crippen LogP contribution is -2.41. The number of benzene rings is 3. The molecule has 0 bridgehead atoms. The molecule has 12 heteroatoms. The molecule has 0 fully saturated rings. The topological polar surface area (TPSA) is 83.8 Å². The zero-order valence-corrected chi connectivity index (χ0v) is 21.4. The Bertz CT molecular complexity index is 1430. The quantitative estimate of drug-likeness (QED) is 0.189. The van der Waals surface area contributed by atoms with Gasteiger partial charge in [0.2, 0.25) is 0 Å². The minimum absolute atomic E-state index is 0.0470. The second-order valence-electron chi connectivity index (χ2n) is 9.22. The van der Waals surface area contributed by atoms with Crippen molar-refractivity contribution < 1.29 is 46.0 Å². The van der Waals surface area contributed by atoms with Gasteiger partial charge in [0.25, 0.3) is 0 Å². The Morgan fingerprint density at radius 2 is 1.54 bits per heavy atom. The molecule has 218 valence electrons. The first-order chi connectivity index (χ1) is 19.4. The number of hydrogen-bond acceptors (Lipinski definition) is 6. The van der Waals surface area contributed by atoms with Crippen molar-refractivity contribution in [2.24, 2.45) is 0 Å². The molecule has 6 nitrogen and oxygen atoms in total. The van der Waals surface area contributed by atoms with Crippen LogP contribution in [0, 0.1) is 0 Å². The first kappa shape index (κ1) is 30.1. The Morgan fingerprint density at radius 3 is 2.17 bits per heavy atom. The van der Waals surface area contributed by atoms with Crippen molar-refractivity contribution >= 4 is 10.9 Å². The first-order valence-corrected chi connectivity index (χ1v) is 12.5. The average molecular weight is 581 g/mol. The van der Waals surface area contributed by atoms with Gasteiger partial charge in [-0.3, -0.25) is 0 Å². The lowest BCUT2D eigenvalue weighted by Gasteiger charge is -2.19. The standard InChI is InChI=1S/C29H26F6N2O4/c30-28(31,32)24-8-4-7-23-25(14-26(29(33,34)35)37-27(23)24)41-22-11-9-18(10-12-22)13-19(16-38)36-15-20(39)17-40-21-5-2-1-3-6-21/h1-12,14,19-20,36,38-39H,13,15-17H2/t19-,20-/m0/s1. The van der Waals surface area contributed by atoms with Crippen molar-refractivity contribution in [1.29, 1.82) is 0 Å². The van der Waals surface area contributed by atoms with E-state index in [-0.39, 0.29) is 30.9 Å². The molecule has 0 unspecified atom stereocenters. The van der Waals surface area contributed by atoms with Crippen LogP contribution in [0.5, 0.6) is 17.2 Å². The molecular weight excluding hydrogens is 554 g/mol. The Labute approximate surface area is 231 Å². The third kappa shape index (κ3) is 8.09. The normalized spacial score (nSPS) is 13.7. The molecule has 1 heterocycles. The van der Waals surface area contributed by atoms with Crippen molar-refractivity contribution in [3.05, 3.63) is 95.7 Å². The van der Waals surface area contributed by atoms with Crippen LogP contribution in [0.1, 0.15) is 16.8 Å². The summed E-state index contributed by atoms with van der Waals surface area (Å²) in [5, 5.41) is 22.8. The lowest BCUT2D eigenvalue weighted by atomic mass is 10.1. The fraction of sp³-hybridized carbons (Fsp3) is 0.276. The highest BCUT2D eigenvalue weighted by Gasteiger charge is 2.37. The van der Waals surface area contributed by atoms with Crippen LogP contribution in [0.2, 0.25) is 0 Å². The molecule has 4 rings (SSSR count). The molecule has 41 heavy (non-hydrogen) atoms. The maximum atomic E-state index is 13.5. The van der Waals surface area contributed by atoms with Gasteiger partial charge in [0, 0.05) is 24.0 Å². The fourth-order valence-corrected chi connectivity index (χ4v) is 4.05. The Morgan fingerprint density at radius 1 is 0.829 bits per heavy atom. The number of para-hydroxylation sites is 2. The summed E-state index contributed by atoms with van der Waals surface area (Å²) < 4.78 is 91.9. The van der Waals surface area contributed by atoms with Gasteiger partial charge in [-0.15, -0.1) is 0 Å². The van der Waals surface area contributed by atoms with Gasteiger partial charge in [-0.2, -0.15) is 26.3 Å². The van der Waals surface area contributed by atoms with E-state index in [2.05, 4.69) is 10.3 Å². The van der Waals surface area contributed by atoms with E-state index in [0.29, 0.717) is 24.3 Å². The van der Waals surface area contributed by atoms with Crippen LogP contribution in [0.3, 0.4) is 0 Å². The molecule has 0 saturated heterocycles. The van der Waals surface area contributed by atoms with Crippen LogP contribution < -0.4 is 14.8 Å². The molecule has 2 atom stereocenters. The highest BCUT2D eigenvalue weighted by atomic mass is 19.4. The van der Waals surface area contributed by atoms with E-state index in [1.54, 1.807) is 36.4 Å². The first-order valence-electron chi connectivity index (χ1n) is 12.5. The number of nitrogens with one attached hydrogen (secondary N) is 1. The third-order valence-electron chi connectivity index (χ3n) is 6.08. The molecule has 4 aromatic rings. The number of hydrogen-bond donors (Lipinski definition) is 3. The molecule has 0 amide bonds. The van der Waals surface area contributed by atoms with Crippen LogP contribution in [-0.2, 0) is 18.8 Å². The summed E-state index contributed by atoms with van der Waals surface area (Å²) in [7, 11) is 0. The number of halogens is 6. The zero-order valence-electron chi connectivity index (χ0n) is 21.4. The van der Waals surface area contributed by atoms with Crippen molar-refractivity contribution in [3.63, 3.8) is 0 Å². The second kappa shape index (κ2) is 12.8. The van der Waals surface area contributed by atoms with Gasteiger partial charge in [0.05, 0.1) is 17.7 Å². The molecule has 3 aromatic carbocycles. The molecule has 0 aliphatic carbocycles. The Kier molecular flexibility index (Phi) is 9.36. The van der Waals surface area contributed by atoms with Crippen LogP contribution in [0.15, 0.2) is 78.9 Å². The Balaban J connectivity index is 1.43. The number of aliphatic hydroxyl groups is 2. The van der Waals surface area contributed by atoms with Crippen LogP contribution in [-0.4, -0.2) is 47.1 Å². The van der Waals surface area contributed by atoms with Gasteiger partial charge in [-0.05, 0) is 48.4 Å². The highest BCUT2D eigenvalue weighted by Crippen LogP contribution is 2.41. The van der Waals surface area contributed by atoms with E-state index in [4.69, 9.17) is 9.47 Å². The molecule has 1 aromatic heterocycles. The van der Waals surface area contributed by atoms with Crippen molar-refractivity contribution in [1.82, 2.24) is 10.3 Å². The van der Waals surface area contributed by atoms with Crippen LogP contribution in [0.4, 0.5) is 26.3 Å². The summed E-state index contributed by atoms with van der Waals surface area (Å²) in [4.78, 5) is 3.25. The molecule has 0 radical (unpaired) electrons. The molecule has 0 aliphatic heterocycles. The third-order valence-corrected chi connectivity index (χ3v) is 6.08. The van der Waals surface area contributed by atoms with Crippen molar-refractivity contribution in [2.45, 2.75) is 30.9 Å². The van der Waals surface area contributed by atoms with Crippen molar-refractivity contribution in [2.75, 3.05) is 19.8 Å². The van der Waals surface area contributed by atoms with E-state index < -0.39 is 47.0 Å². The molecule has 3 N–H and O–H groups in total. The molecular formula is C29H26F6N2O4. The number of pyridine rings is 1. The number of ether oxygens (including phenoxy) is 2. The summed E-state index contributed by atoms with van der Waals surface area (Å²) >= 11 is 0. The number of rotatable bonds is 11. The predicted octanol–water partition coefficient (Wildman–Crippen LogP) is 6.00. The van der Waals surface area contributed by atoms with Gasteiger partial charge in [0.15, 0.2) is 0 Å². The Hall–Kier alpha value is -3.87. The maximum absolute atomic E-state index is 13.5. The number of aromatic nitrogens is 1. The minimum Gasteiger partial charge on any atom is -0.491 e. The van der Waals surface area contributed by atoms with Gasteiger partial charge >= 0.3 is 12.4 Å². The number of aliphatic hydroxyl groups excluding tert-OH is 2. The van der Waals surface area contributed by atoms with Crippen LogP contribution in [0.25, 0.3) is 10.9 Å². The van der Waals surface area contributed by atoms with Crippen molar-refractivity contribution in [3.8, 4) is 17.2 Å². The summed E-state index contributed by atoms with van der Waals surface area (Å²) in [5.74, 6) is 0.277. The summed E-state index contributed by atoms with van der Waals surface area (Å²) in [5.41, 5.74) is -2.95. The summed E-state index contributed by atoms with van der Waals surface area (Å²) in [6.45, 7) is -0.0451. The van der Waals surface area contributed by atoms with E-state index >= 15 is 0 Å². The van der Waals surface area contributed by atoms with E-state index in [1.807, 2.05) is 6.07 Å². The zero-order chi connectivity index (χ0) is 29.6. The van der Waals surface area contributed by atoms with E-state index in [9.17, 15) is 36.6 Å². The smallest absolute Gasteiger partial charge is 0.433 e. The monoisotopic (exact) mass is 580 g/mol. The van der Waals surface area contributed by atoms with Gasteiger partial charge < -0.3 is 25.0 Å². The SMILES string of the molecule is OC[C@H](Cc1ccc(Oc2cc(C(F)(F)F)nc3c(C(F)(F)F)cccc23)cc1)NC[C@H](O)COc1ccccc1.